The Bertz CT molecular complexity index is 797. The Labute approximate surface area is 141 Å². The number of amides is 1. The van der Waals surface area contributed by atoms with Crippen molar-refractivity contribution in [2.45, 2.75) is 12.8 Å². The minimum absolute atomic E-state index is 0.0105. The molecule has 0 unspecified atom stereocenters. The van der Waals surface area contributed by atoms with Crippen molar-refractivity contribution in [1.29, 1.82) is 0 Å². The second kappa shape index (κ2) is 8.11. The van der Waals surface area contributed by atoms with Crippen molar-refractivity contribution in [2.24, 2.45) is 0 Å². The number of aromatic nitrogens is 1. The summed E-state index contributed by atoms with van der Waals surface area (Å²) in [6, 6.07) is 19.4. The summed E-state index contributed by atoms with van der Waals surface area (Å²) in [5.74, 6) is -0.0105. The van der Waals surface area contributed by atoms with Crippen molar-refractivity contribution in [3.63, 3.8) is 0 Å². The summed E-state index contributed by atoms with van der Waals surface area (Å²) in [6.45, 7) is 1.56. The van der Waals surface area contributed by atoms with Crippen molar-refractivity contribution in [2.75, 3.05) is 18.4 Å². The van der Waals surface area contributed by atoms with E-state index in [1.54, 1.807) is 0 Å². The van der Waals surface area contributed by atoms with Crippen LogP contribution in [0.5, 0.6) is 0 Å². The van der Waals surface area contributed by atoms with Gasteiger partial charge >= 0.3 is 0 Å². The number of carbonyl (C=O) groups is 1. The van der Waals surface area contributed by atoms with Crippen LogP contribution in [0.25, 0.3) is 10.9 Å². The molecule has 0 bridgehead atoms. The Balaban J connectivity index is 1.40. The third-order valence-electron chi connectivity index (χ3n) is 3.89. The summed E-state index contributed by atoms with van der Waals surface area (Å²) in [4.78, 5) is 16.3. The van der Waals surface area contributed by atoms with Crippen molar-refractivity contribution in [3.05, 3.63) is 72.4 Å². The van der Waals surface area contributed by atoms with E-state index in [1.807, 2.05) is 60.8 Å². The second-order valence-corrected chi connectivity index (χ2v) is 5.63. The first-order valence-electron chi connectivity index (χ1n) is 8.25. The molecule has 0 aliphatic heterocycles. The van der Waals surface area contributed by atoms with Gasteiger partial charge in [0, 0.05) is 35.9 Å². The topological polar surface area (TPSA) is 54.0 Å². The van der Waals surface area contributed by atoms with E-state index in [0.29, 0.717) is 12.1 Å². The molecule has 0 saturated heterocycles. The van der Waals surface area contributed by atoms with Crippen molar-refractivity contribution in [1.82, 2.24) is 10.3 Å². The SMILES string of the molecule is O=C(NCCCCNc1ccnc2ccccc12)c1ccccc1. The Morgan fingerprint density at radius 3 is 2.50 bits per heavy atom. The number of hydrogen-bond acceptors (Lipinski definition) is 3. The van der Waals surface area contributed by atoms with E-state index in [4.69, 9.17) is 0 Å². The van der Waals surface area contributed by atoms with Crippen molar-refractivity contribution in [3.8, 4) is 0 Å². The molecule has 0 fully saturated rings. The standard InChI is InChI=1S/C20H21N3O/c24-20(16-8-2-1-3-9-16)23-14-7-6-13-21-19-12-15-22-18-11-5-4-10-17(18)19/h1-5,8-12,15H,6-7,13-14H2,(H,21,22)(H,23,24). The maximum Gasteiger partial charge on any atom is 0.251 e. The molecule has 4 nitrogen and oxygen atoms in total. The first kappa shape index (κ1) is 16.0. The van der Waals surface area contributed by atoms with Gasteiger partial charge in [0.15, 0.2) is 0 Å². The van der Waals surface area contributed by atoms with E-state index in [1.165, 1.54) is 0 Å². The van der Waals surface area contributed by atoms with Gasteiger partial charge in [0.05, 0.1) is 5.52 Å². The monoisotopic (exact) mass is 319 g/mol. The summed E-state index contributed by atoms with van der Waals surface area (Å²) in [5, 5.41) is 7.54. The maximum absolute atomic E-state index is 11.9. The average Bonchev–Trinajstić information content (AvgIpc) is 2.65. The number of benzene rings is 2. The van der Waals surface area contributed by atoms with Crippen LogP contribution in [0.3, 0.4) is 0 Å². The molecule has 2 N–H and O–H groups in total. The van der Waals surface area contributed by atoms with Gasteiger partial charge in [-0.05, 0) is 37.1 Å². The molecule has 0 atom stereocenters. The van der Waals surface area contributed by atoms with Gasteiger partial charge in [-0.2, -0.15) is 0 Å². The van der Waals surface area contributed by atoms with Gasteiger partial charge in [-0.1, -0.05) is 36.4 Å². The second-order valence-electron chi connectivity index (χ2n) is 5.63. The molecule has 0 aliphatic carbocycles. The number of nitrogens with zero attached hydrogens (tertiary/aromatic N) is 1. The maximum atomic E-state index is 11.9. The molecule has 2 aromatic carbocycles. The average molecular weight is 319 g/mol. The lowest BCUT2D eigenvalue weighted by Crippen LogP contribution is -2.24. The zero-order chi connectivity index (χ0) is 16.6. The summed E-state index contributed by atoms with van der Waals surface area (Å²) in [5.41, 5.74) is 2.81. The fourth-order valence-corrected chi connectivity index (χ4v) is 2.62. The third-order valence-corrected chi connectivity index (χ3v) is 3.89. The molecule has 4 heteroatoms. The molecule has 0 radical (unpaired) electrons. The molecule has 0 spiro atoms. The highest BCUT2D eigenvalue weighted by molar-refractivity contribution is 5.94. The fraction of sp³-hybridized carbons (Fsp3) is 0.200. The molecule has 24 heavy (non-hydrogen) atoms. The van der Waals surface area contributed by atoms with Crippen LogP contribution in [0.2, 0.25) is 0 Å². The van der Waals surface area contributed by atoms with E-state index in [2.05, 4.69) is 21.7 Å². The van der Waals surface area contributed by atoms with Crippen LogP contribution >= 0.6 is 0 Å². The lowest BCUT2D eigenvalue weighted by molar-refractivity contribution is 0.0953. The number of rotatable bonds is 7. The fourth-order valence-electron chi connectivity index (χ4n) is 2.62. The number of nitrogens with one attached hydrogen (secondary N) is 2. The number of carbonyl (C=O) groups excluding carboxylic acids is 1. The molecule has 0 saturated carbocycles. The molecular weight excluding hydrogens is 298 g/mol. The highest BCUT2D eigenvalue weighted by atomic mass is 16.1. The van der Waals surface area contributed by atoms with Crippen molar-refractivity contribution >= 4 is 22.5 Å². The molecular formula is C20H21N3O. The largest absolute Gasteiger partial charge is 0.384 e. The summed E-state index contributed by atoms with van der Waals surface area (Å²) in [6.07, 6.45) is 3.76. The lowest BCUT2D eigenvalue weighted by Gasteiger charge is -2.09. The Kier molecular flexibility index (Phi) is 5.40. The predicted molar refractivity (Wildman–Crippen MR) is 98.2 cm³/mol. The smallest absolute Gasteiger partial charge is 0.251 e. The number of hydrogen-bond donors (Lipinski definition) is 2. The van der Waals surface area contributed by atoms with Gasteiger partial charge in [0.2, 0.25) is 0 Å². The van der Waals surface area contributed by atoms with Crippen molar-refractivity contribution < 1.29 is 4.79 Å². The van der Waals surface area contributed by atoms with Crippen LogP contribution in [0, 0.1) is 0 Å². The quantitative estimate of drug-likeness (QED) is 0.650. The highest BCUT2D eigenvalue weighted by Crippen LogP contribution is 2.20. The van der Waals surface area contributed by atoms with Crippen LogP contribution in [0.4, 0.5) is 5.69 Å². The van der Waals surface area contributed by atoms with Gasteiger partial charge in [-0.25, -0.2) is 0 Å². The molecule has 3 rings (SSSR count). The number of fused-ring (bicyclic) bond motifs is 1. The van der Waals surface area contributed by atoms with E-state index in [9.17, 15) is 4.79 Å². The van der Waals surface area contributed by atoms with Gasteiger partial charge < -0.3 is 10.6 Å². The zero-order valence-corrected chi connectivity index (χ0v) is 13.5. The number of pyridine rings is 1. The first-order valence-corrected chi connectivity index (χ1v) is 8.25. The zero-order valence-electron chi connectivity index (χ0n) is 13.5. The molecule has 1 heterocycles. The normalized spacial score (nSPS) is 10.5. The Morgan fingerprint density at radius 1 is 0.875 bits per heavy atom. The number of unbranched alkanes of at least 4 members (excludes halogenated alkanes) is 1. The van der Waals surface area contributed by atoms with E-state index in [0.717, 1.165) is 36.0 Å². The van der Waals surface area contributed by atoms with Crippen LogP contribution in [0.1, 0.15) is 23.2 Å². The minimum Gasteiger partial charge on any atom is -0.384 e. The summed E-state index contributed by atoms with van der Waals surface area (Å²) in [7, 11) is 0. The summed E-state index contributed by atoms with van der Waals surface area (Å²) >= 11 is 0. The molecule has 122 valence electrons. The Hall–Kier alpha value is -2.88. The third kappa shape index (κ3) is 4.10. The summed E-state index contributed by atoms with van der Waals surface area (Å²) < 4.78 is 0. The van der Waals surface area contributed by atoms with Gasteiger partial charge in [0.1, 0.15) is 0 Å². The highest BCUT2D eigenvalue weighted by Gasteiger charge is 2.03. The van der Waals surface area contributed by atoms with Gasteiger partial charge in [-0.3, -0.25) is 9.78 Å². The predicted octanol–water partition coefficient (Wildman–Crippen LogP) is 3.86. The van der Waals surface area contributed by atoms with Gasteiger partial charge in [0.25, 0.3) is 5.91 Å². The molecule has 1 aromatic heterocycles. The number of anilines is 1. The van der Waals surface area contributed by atoms with E-state index in [-0.39, 0.29) is 5.91 Å². The van der Waals surface area contributed by atoms with Gasteiger partial charge in [-0.15, -0.1) is 0 Å². The first-order chi connectivity index (χ1) is 11.8. The number of para-hydroxylation sites is 1. The van der Waals surface area contributed by atoms with Crippen LogP contribution in [0.15, 0.2) is 66.9 Å². The molecule has 3 aromatic rings. The lowest BCUT2D eigenvalue weighted by atomic mass is 10.2. The minimum atomic E-state index is -0.0105. The van der Waals surface area contributed by atoms with Crippen LogP contribution in [-0.4, -0.2) is 24.0 Å². The molecule has 0 aliphatic rings. The Morgan fingerprint density at radius 2 is 1.62 bits per heavy atom. The van der Waals surface area contributed by atoms with Crippen LogP contribution in [-0.2, 0) is 0 Å². The van der Waals surface area contributed by atoms with E-state index >= 15 is 0 Å². The van der Waals surface area contributed by atoms with Crippen LogP contribution < -0.4 is 10.6 Å². The molecule has 1 amide bonds. The van der Waals surface area contributed by atoms with E-state index < -0.39 is 0 Å².